The average molecular weight is 256 g/mol. The Labute approximate surface area is 104 Å². The highest BCUT2D eigenvalue weighted by molar-refractivity contribution is 7.92. The molecule has 0 fully saturated rings. The molecule has 5 heteroatoms. The van der Waals surface area contributed by atoms with Crippen molar-refractivity contribution in [3.05, 3.63) is 29.8 Å². The van der Waals surface area contributed by atoms with E-state index in [1.165, 1.54) is 4.31 Å². The first-order chi connectivity index (χ1) is 8.01. The lowest BCUT2D eigenvalue weighted by Gasteiger charge is -2.23. The predicted molar refractivity (Wildman–Crippen MR) is 71.9 cm³/mol. The highest BCUT2D eigenvalue weighted by Crippen LogP contribution is 2.19. The van der Waals surface area contributed by atoms with Gasteiger partial charge in [0.2, 0.25) is 10.0 Å². The molecule has 1 aromatic rings. The van der Waals surface area contributed by atoms with Crippen LogP contribution in [0.4, 0.5) is 5.69 Å². The van der Waals surface area contributed by atoms with Crippen LogP contribution in [-0.2, 0) is 10.0 Å². The van der Waals surface area contributed by atoms with Crippen molar-refractivity contribution < 1.29 is 8.42 Å². The van der Waals surface area contributed by atoms with Crippen molar-refractivity contribution in [3.63, 3.8) is 0 Å². The fourth-order valence-electron chi connectivity index (χ4n) is 1.66. The quantitative estimate of drug-likeness (QED) is 0.836. The molecule has 0 unspecified atom stereocenters. The number of sulfonamides is 1. The Kier molecular flexibility index (Phi) is 4.96. The number of hydrogen-bond donors (Lipinski definition) is 1. The first-order valence-electron chi connectivity index (χ1n) is 5.73. The van der Waals surface area contributed by atoms with Gasteiger partial charge in [-0.05, 0) is 38.6 Å². The molecule has 0 saturated heterocycles. The number of anilines is 1. The molecular weight excluding hydrogens is 236 g/mol. The molecule has 0 aliphatic carbocycles. The third kappa shape index (κ3) is 3.71. The molecule has 4 nitrogen and oxygen atoms in total. The molecule has 0 amide bonds. The Hall–Kier alpha value is -1.07. The van der Waals surface area contributed by atoms with Gasteiger partial charge in [-0.15, -0.1) is 0 Å². The minimum Gasteiger partial charge on any atom is -0.319 e. The molecule has 0 aliphatic rings. The van der Waals surface area contributed by atoms with E-state index in [1.807, 2.05) is 38.1 Å². The smallest absolute Gasteiger partial charge is 0.236 e. The summed E-state index contributed by atoms with van der Waals surface area (Å²) in [5, 5.41) is 2.86. The molecule has 1 aromatic carbocycles. The van der Waals surface area contributed by atoms with E-state index in [2.05, 4.69) is 5.32 Å². The fourth-order valence-corrected chi connectivity index (χ4v) is 3.17. The zero-order valence-corrected chi connectivity index (χ0v) is 11.4. The molecule has 0 spiro atoms. The zero-order chi connectivity index (χ0) is 12.9. The van der Waals surface area contributed by atoms with E-state index in [1.54, 1.807) is 7.05 Å². The normalized spacial score (nSPS) is 11.5. The second-order valence-electron chi connectivity index (χ2n) is 3.92. The maximum absolute atomic E-state index is 12.1. The van der Waals surface area contributed by atoms with Crippen LogP contribution in [0.15, 0.2) is 24.3 Å². The summed E-state index contributed by atoms with van der Waals surface area (Å²) in [5.74, 6) is 0.116. The van der Waals surface area contributed by atoms with Crippen LogP contribution in [0.3, 0.4) is 0 Å². The third-order valence-electron chi connectivity index (χ3n) is 2.52. The van der Waals surface area contributed by atoms with Gasteiger partial charge in [-0.25, -0.2) is 8.42 Å². The lowest BCUT2D eigenvalue weighted by atomic mass is 10.2. The van der Waals surface area contributed by atoms with Gasteiger partial charge in [0.05, 0.1) is 11.4 Å². The third-order valence-corrected chi connectivity index (χ3v) is 4.38. The van der Waals surface area contributed by atoms with E-state index >= 15 is 0 Å². The first-order valence-corrected chi connectivity index (χ1v) is 7.34. The maximum Gasteiger partial charge on any atom is 0.236 e. The Bertz CT molecular complexity index is 457. The minimum absolute atomic E-state index is 0.116. The largest absolute Gasteiger partial charge is 0.319 e. The Morgan fingerprint density at radius 2 is 2.06 bits per heavy atom. The van der Waals surface area contributed by atoms with Crippen LogP contribution < -0.4 is 9.62 Å². The topological polar surface area (TPSA) is 49.4 Å². The Morgan fingerprint density at radius 3 is 2.59 bits per heavy atom. The molecule has 0 aliphatic heterocycles. The molecule has 96 valence electrons. The van der Waals surface area contributed by atoms with Crippen molar-refractivity contribution in [1.82, 2.24) is 5.32 Å². The SMILES string of the molecule is CCN(c1cccc(C)c1)S(=O)(=O)CCNC. The number of nitrogens with zero attached hydrogens (tertiary/aromatic N) is 1. The molecule has 0 heterocycles. The van der Waals surface area contributed by atoms with Gasteiger partial charge in [0, 0.05) is 13.1 Å². The van der Waals surface area contributed by atoms with Crippen LogP contribution in [0.2, 0.25) is 0 Å². The summed E-state index contributed by atoms with van der Waals surface area (Å²) in [5.41, 5.74) is 1.80. The van der Waals surface area contributed by atoms with Crippen molar-refractivity contribution in [2.24, 2.45) is 0 Å². The Balaban J connectivity index is 2.99. The van der Waals surface area contributed by atoms with Crippen molar-refractivity contribution in [3.8, 4) is 0 Å². The van der Waals surface area contributed by atoms with Crippen LogP contribution >= 0.6 is 0 Å². The number of nitrogens with one attached hydrogen (secondary N) is 1. The minimum atomic E-state index is -3.23. The molecule has 17 heavy (non-hydrogen) atoms. The monoisotopic (exact) mass is 256 g/mol. The standard InChI is InChI=1S/C12H20N2O2S/c1-4-14(17(15,16)9-8-13-3)12-7-5-6-11(2)10-12/h5-7,10,13H,4,8-9H2,1-3H3. The molecule has 1 rings (SSSR count). The molecule has 0 atom stereocenters. The maximum atomic E-state index is 12.1. The molecular formula is C12H20N2O2S. The van der Waals surface area contributed by atoms with Gasteiger partial charge in [0.25, 0.3) is 0 Å². The summed E-state index contributed by atoms with van der Waals surface area (Å²) in [6.45, 7) is 4.72. The number of hydrogen-bond acceptors (Lipinski definition) is 3. The number of aryl methyl sites for hydroxylation is 1. The van der Waals surface area contributed by atoms with Gasteiger partial charge >= 0.3 is 0 Å². The number of benzene rings is 1. The van der Waals surface area contributed by atoms with Gasteiger partial charge in [-0.2, -0.15) is 0 Å². The van der Waals surface area contributed by atoms with Crippen molar-refractivity contribution >= 4 is 15.7 Å². The van der Waals surface area contributed by atoms with Crippen LogP contribution in [-0.4, -0.2) is 34.3 Å². The summed E-state index contributed by atoms with van der Waals surface area (Å²) >= 11 is 0. The van der Waals surface area contributed by atoms with E-state index in [0.29, 0.717) is 13.1 Å². The van der Waals surface area contributed by atoms with Crippen LogP contribution in [0, 0.1) is 6.92 Å². The predicted octanol–water partition coefficient (Wildman–Crippen LogP) is 1.37. The van der Waals surface area contributed by atoms with Crippen molar-refractivity contribution in [2.75, 3.05) is 30.2 Å². The van der Waals surface area contributed by atoms with Crippen LogP contribution in [0.5, 0.6) is 0 Å². The van der Waals surface area contributed by atoms with Gasteiger partial charge in [-0.1, -0.05) is 12.1 Å². The second kappa shape index (κ2) is 6.02. The molecule has 1 N–H and O–H groups in total. The molecule has 0 aromatic heterocycles. The van der Waals surface area contributed by atoms with Gasteiger partial charge in [0.15, 0.2) is 0 Å². The van der Waals surface area contributed by atoms with Crippen molar-refractivity contribution in [1.29, 1.82) is 0 Å². The van der Waals surface area contributed by atoms with E-state index in [9.17, 15) is 8.42 Å². The highest BCUT2D eigenvalue weighted by atomic mass is 32.2. The average Bonchev–Trinajstić information content (AvgIpc) is 2.27. The van der Waals surface area contributed by atoms with Crippen LogP contribution in [0.25, 0.3) is 0 Å². The van der Waals surface area contributed by atoms with E-state index in [-0.39, 0.29) is 5.75 Å². The van der Waals surface area contributed by atoms with E-state index < -0.39 is 10.0 Å². The zero-order valence-electron chi connectivity index (χ0n) is 10.6. The first kappa shape index (κ1) is 14.0. The molecule has 0 bridgehead atoms. The van der Waals surface area contributed by atoms with Gasteiger partial charge in [0.1, 0.15) is 0 Å². The second-order valence-corrected chi connectivity index (χ2v) is 5.94. The summed E-state index contributed by atoms with van der Waals surface area (Å²) in [6, 6.07) is 7.55. The summed E-state index contributed by atoms with van der Waals surface area (Å²) in [6.07, 6.45) is 0. The summed E-state index contributed by atoms with van der Waals surface area (Å²) in [7, 11) is -1.49. The molecule has 0 saturated carbocycles. The van der Waals surface area contributed by atoms with Gasteiger partial charge < -0.3 is 5.32 Å². The highest BCUT2D eigenvalue weighted by Gasteiger charge is 2.20. The Morgan fingerprint density at radius 1 is 1.35 bits per heavy atom. The lowest BCUT2D eigenvalue weighted by molar-refractivity contribution is 0.589. The summed E-state index contributed by atoms with van der Waals surface area (Å²) in [4.78, 5) is 0. The summed E-state index contributed by atoms with van der Waals surface area (Å²) < 4.78 is 25.7. The van der Waals surface area contributed by atoms with Gasteiger partial charge in [-0.3, -0.25) is 4.31 Å². The molecule has 0 radical (unpaired) electrons. The van der Waals surface area contributed by atoms with E-state index in [4.69, 9.17) is 0 Å². The van der Waals surface area contributed by atoms with Crippen molar-refractivity contribution in [2.45, 2.75) is 13.8 Å². The number of rotatable bonds is 6. The van der Waals surface area contributed by atoms with Crippen LogP contribution in [0.1, 0.15) is 12.5 Å². The van der Waals surface area contributed by atoms with E-state index in [0.717, 1.165) is 11.3 Å². The fraction of sp³-hybridized carbons (Fsp3) is 0.500. The lowest BCUT2D eigenvalue weighted by Crippen LogP contribution is -2.35.